The van der Waals surface area contributed by atoms with Gasteiger partial charge in [-0.1, -0.05) is 46.9 Å². The van der Waals surface area contributed by atoms with Crippen LogP contribution in [0.3, 0.4) is 0 Å². The van der Waals surface area contributed by atoms with Crippen LogP contribution in [0.5, 0.6) is 0 Å². The topological polar surface area (TPSA) is 57.7 Å². The minimum Gasteiger partial charge on any atom is -0.305 e. The maximum Gasteiger partial charge on any atom is 0.162 e. The predicted octanol–water partition coefficient (Wildman–Crippen LogP) is 3.03. The number of rotatable bonds is 13. The van der Waals surface area contributed by atoms with Gasteiger partial charge in [-0.3, -0.25) is 19.3 Å². The highest BCUT2D eigenvalue weighted by molar-refractivity contribution is 5.97. The smallest absolute Gasteiger partial charge is 0.162 e. The predicted molar refractivity (Wildman–Crippen MR) is 119 cm³/mol. The highest BCUT2D eigenvalue weighted by atomic mass is 16.1. The molecule has 0 aromatic heterocycles. The summed E-state index contributed by atoms with van der Waals surface area (Å²) in [5.74, 6) is -0.0821. The highest BCUT2D eigenvalue weighted by Gasteiger charge is 2.59. The van der Waals surface area contributed by atoms with Crippen molar-refractivity contribution in [3.05, 3.63) is 37.0 Å². The lowest BCUT2D eigenvalue weighted by atomic mass is 9.90. The first-order valence-corrected chi connectivity index (χ1v) is 10.4. The summed E-state index contributed by atoms with van der Waals surface area (Å²) in [5.41, 5.74) is 0.597. The molecule has 0 N–H and O–H groups in total. The number of ketones is 3. The van der Waals surface area contributed by atoms with Gasteiger partial charge >= 0.3 is 0 Å². The summed E-state index contributed by atoms with van der Waals surface area (Å²) in [6.45, 7) is 16.3. The Bertz CT molecular complexity index is 678. The fourth-order valence-electron chi connectivity index (χ4n) is 4.17. The molecule has 1 rings (SSSR count). The largest absolute Gasteiger partial charge is 0.305 e. The summed E-state index contributed by atoms with van der Waals surface area (Å²) in [5, 5.41) is 0. The van der Waals surface area contributed by atoms with Crippen LogP contribution in [0.4, 0.5) is 0 Å². The Labute approximate surface area is 176 Å². The van der Waals surface area contributed by atoms with E-state index in [0.717, 1.165) is 0 Å². The average Bonchev–Trinajstić information content (AvgIpc) is 3.40. The number of Topliss-reactive ketones (excluding diaryl/α,β-unsaturated/α-hetero) is 1. The molecular weight excluding hydrogens is 364 g/mol. The van der Waals surface area contributed by atoms with Crippen molar-refractivity contribution in [3.63, 3.8) is 0 Å². The zero-order valence-corrected chi connectivity index (χ0v) is 19.1. The second kappa shape index (κ2) is 10.8. The summed E-state index contributed by atoms with van der Waals surface area (Å²) >= 11 is 0. The van der Waals surface area contributed by atoms with Gasteiger partial charge < -0.3 is 4.90 Å². The first-order chi connectivity index (χ1) is 13.4. The minimum atomic E-state index is -0.207. The summed E-state index contributed by atoms with van der Waals surface area (Å²) in [6.07, 6.45) is 4.86. The van der Waals surface area contributed by atoms with E-state index in [2.05, 4.69) is 18.1 Å². The van der Waals surface area contributed by atoms with Crippen LogP contribution in [0, 0.1) is 29.6 Å². The van der Waals surface area contributed by atoms with Crippen molar-refractivity contribution in [2.24, 2.45) is 29.6 Å². The first-order valence-electron chi connectivity index (χ1n) is 10.4. The lowest BCUT2D eigenvalue weighted by Crippen LogP contribution is -2.28. The number of nitrogens with zero attached hydrogens (tertiary/aromatic N) is 2. The number of carbonyl (C=O) groups excluding carboxylic acids is 3. The molecule has 0 aromatic carbocycles. The highest BCUT2D eigenvalue weighted by Crippen LogP contribution is 2.53. The second-order valence-corrected chi connectivity index (χ2v) is 8.93. The molecule has 1 aliphatic carbocycles. The molecule has 1 aliphatic rings. The van der Waals surface area contributed by atoms with Gasteiger partial charge in [0.05, 0.1) is 0 Å². The third kappa shape index (κ3) is 6.58. The van der Waals surface area contributed by atoms with Crippen LogP contribution in [0.2, 0.25) is 0 Å². The molecule has 5 heteroatoms. The van der Waals surface area contributed by atoms with Crippen LogP contribution in [-0.2, 0) is 14.4 Å². The zero-order chi connectivity index (χ0) is 22.5. The minimum absolute atomic E-state index is 0.00759. The van der Waals surface area contributed by atoms with Crippen LogP contribution >= 0.6 is 0 Å². The molecule has 5 unspecified atom stereocenters. The van der Waals surface area contributed by atoms with E-state index in [9.17, 15) is 14.4 Å². The fourth-order valence-corrected chi connectivity index (χ4v) is 4.17. The van der Waals surface area contributed by atoms with Gasteiger partial charge in [-0.15, -0.1) is 0 Å². The van der Waals surface area contributed by atoms with E-state index in [1.807, 2.05) is 59.8 Å². The number of likely N-dealkylation sites (N-methyl/N-ethyl adjacent to an activating group) is 2. The Morgan fingerprint density at radius 2 is 1.52 bits per heavy atom. The molecule has 0 amide bonds. The summed E-state index contributed by atoms with van der Waals surface area (Å²) in [4.78, 5) is 41.0. The molecule has 29 heavy (non-hydrogen) atoms. The molecule has 0 bridgehead atoms. The maximum atomic E-state index is 12.9. The molecular formula is C24H38N2O3. The average molecular weight is 403 g/mol. The van der Waals surface area contributed by atoms with E-state index in [0.29, 0.717) is 18.7 Å². The third-order valence-electron chi connectivity index (χ3n) is 5.92. The lowest BCUT2D eigenvalue weighted by Gasteiger charge is -2.18. The van der Waals surface area contributed by atoms with Gasteiger partial charge in [0.15, 0.2) is 17.3 Å². The monoisotopic (exact) mass is 402 g/mol. The van der Waals surface area contributed by atoms with Crippen LogP contribution in [0.1, 0.15) is 27.7 Å². The number of carbonyl (C=O) groups is 3. The molecule has 162 valence electrons. The van der Waals surface area contributed by atoms with Gasteiger partial charge in [0.1, 0.15) is 0 Å². The van der Waals surface area contributed by atoms with E-state index >= 15 is 0 Å². The standard InChI is InChI=1S/C24H38N2O3/c1-10-19(27)17(5)21-22(18(6)24(29)16(4)14-25(7)8)23(21)26(9)13-11-12-20(28)15(2)3/h10-12,15,17-18,21-23H,1,4,13-14H2,2-3,5-9H3/b12-11+. The van der Waals surface area contributed by atoms with E-state index in [4.69, 9.17) is 0 Å². The van der Waals surface area contributed by atoms with Crippen LogP contribution < -0.4 is 0 Å². The fraction of sp³-hybridized carbons (Fsp3) is 0.625. The van der Waals surface area contributed by atoms with Crippen molar-refractivity contribution < 1.29 is 14.4 Å². The molecule has 0 aliphatic heterocycles. The van der Waals surface area contributed by atoms with Gasteiger partial charge in [0.2, 0.25) is 0 Å². The van der Waals surface area contributed by atoms with Gasteiger partial charge in [-0.05, 0) is 45.1 Å². The van der Waals surface area contributed by atoms with E-state index in [1.54, 1.807) is 6.08 Å². The lowest BCUT2D eigenvalue weighted by molar-refractivity contribution is -0.121. The second-order valence-electron chi connectivity index (χ2n) is 8.93. The Hall–Kier alpha value is -1.85. The molecule has 0 saturated heterocycles. The van der Waals surface area contributed by atoms with Crippen molar-refractivity contribution in [3.8, 4) is 0 Å². The Morgan fingerprint density at radius 1 is 0.966 bits per heavy atom. The third-order valence-corrected chi connectivity index (χ3v) is 5.92. The molecule has 1 fully saturated rings. The van der Waals surface area contributed by atoms with Crippen molar-refractivity contribution in [1.82, 2.24) is 9.80 Å². The van der Waals surface area contributed by atoms with Crippen LogP contribution in [-0.4, -0.2) is 67.4 Å². The number of hydrogen-bond acceptors (Lipinski definition) is 5. The summed E-state index contributed by atoms with van der Waals surface area (Å²) in [6, 6.07) is 0.110. The molecule has 0 spiro atoms. The SMILES string of the molecule is C=CC(=O)C(C)C1C(C(C)C(=O)C(=C)CN(C)C)C1N(C)C/C=C/C(=O)C(C)C. The van der Waals surface area contributed by atoms with E-state index in [1.165, 1.54) is 6.08 Å². The van der Waals surface area contributed by atoms with Gasteiger partial charge in [0.25, 0.3) is 0 Å². The van der Waals surface area contributed by atoms with Gasteiger partial charge in [-0.25, -0.2) is 0 Å². The first kappa shape index (κ1) is 25.2. The Morgan fingerprint density at radius 3 is 2.00 bits per heavy atom. The van der Waals surface area contributed by atoms with E-state index < -0.39 is 0 Å². The molecule has 0 heterocycles. The molecule has 0 radical (unpaired) electrons. The normalized spacial score (nSPS) is 23.4. The Kier molecular flexibility index (Phi) is 9.37. The van der Waals surface area contributed by atoms with Crippen molar-refractivity contribution >= 4 is 17.3 Å². The molecule has 1 saturated carbocycles. The maximum absolute atomic E-state index is 12.9. The zero-order valence-electron chi connectivity index (χ0n) is 19.1. The summed E-state index contributed by atoms with van der Waals surface area (Å²) in [7, 11) is 5.81. The molecule has 5 atom stereocenters. The molecule has 0 aromatic rings. The number of allylic oxidation sites excluding steroid dienone is 2. The van der Waals surface area contributed by atoms with Gasteiger partial charge in [0, 0.05) is 42.5 Å². The van der Waals surface area contributed by atoms with Crippen molar-refractivity contribution in [2.75, 3.05) is 34.2 Å². The van der Waals surface area contributed by atoms with Crippen LogP contribution in [0.25, 0.3) is 0 Å². The van der Waals surface area contributed by atoms with Gasteiger partial charge in [-0.2, -0.15) is 0 Å². The van der Waals surface area contributed by atoms with Crippen LogP contribution in [0.15, 0.2) is 37.0 Å². The summed E-state index contributed by atoms with van der Waals surface area (Å²) < 4.78 is 0. The quantitative estimate of drug-likeness (QED) is 0.443. The Balaban J connectivity index is 2.95. The number of hydrogen-bond donors (Lipinski definition) is 0. The van der Waals surface area contributed by atoms with Crippen molar-refractivity contribution in [2.45, 2.75) is 33.7 Å². The van der Waals surface area contributed by atoms with Crippen molar-refractivity contribution in [1.29, 1.82) is 0 Å². The molecule has 5 nitrogen and oxygen atoms in total. The van der Waals surface area contributed by atoms with E-state index in [-0.39, 0.29) is 53.0 Å².